The molecule has 20 heavy (non-hydrogen) atoms. The minimum atomic E-state index is 0.594. The molecule has 0 bridgehead atoms. The Balaban J connectivity index is 2.04. The van der Waals surface area contributed by atoms with Gasteiger partial charge in [-0.15, -0.1) is 0 Å². The molecule has 0 amide bonds. The van der Waals surface area contributed by atoms with Crippen LogP contribution in [-0.4, -0.2) is 11.5 Å². The second-order valence-corrected chi connectivity index (χ2v) is 4.80. The van der Waals surface area contributed by atoms with E-state index in [9.17, 15) is 0 Å². The predicted octanol–water partition coefficient (Wildman–Crippen LogP) is 3.88. The summed E-state index contributed by atoms with van der Waals surface area (Å²) in [6, 6.07) is 14.4. The van der Waals surface area contributed by atoms with Crippen LogP contribution in [0.25, 0.3) is 11.1 Å². The number of nitrogens with zero attached hydrogens (tertiary/aromatic N) is 2. The van der Waals surface area contributed by atoms with Gasteiger partial charge in [0.1, 0.15) is 5.52 Å². The zero-order valence-electron chi connectivity index (χ0n) is 11.6. The van der Waals surface area contributed by atoms with E-state index in [4.69, 9.17) is 10.2 Å². The van der Waals surface area contributed by atoms with Gasteiger partial charge < -0.3 is 10.2 Å². The number of oxazole rings is 1. The monoisotopic (exact) mass is 267 g/mol. The zero-order valence-corrected chi connectivity index (χ0v) is 11.6. The van der Waals surface area contributed by atoms with Gasteiger partial charge in [-0.1, -0.05) is 17.7 Å². The van der Waals surface area contributed by atoms with E-state index in [1.54, 1.807) is 6.07 Å². The molecule has 0 aliphatic carbocycles. The SMILES string of the molecule is CCN(c1ccc(C)cc1)c1nc2ccc(N)cc2o1. The lowest BCUT2D eigenvalue weighted by Gasteiger charge is -2.18. The Morgan fingerprint density at radius 2 is 1.90 bits per heavy atom. The van der Waals surface area contributed by atoms with Crippen LogP contribution in [0.15, 0.2) is 46.9 Å². The summed E-state index contributed by atoms with van der Waals surface area (Å²) in [4.78, 5) is 6.56. The Morgan fingerprint density at radius 1 is 1.15 bits per heavy atom. The van der Waals surface area contributed by atoms with E-state index in [-0.39, 0.29) is 0 Å². The van der Waals surface area contributed by atoms with Gasteiger partial charge in [0.15, 0.2) is 5.58 Å². The molecule has 0 unspecified atom stereocenters. The number of benzene rings is 2. The van der Waals surface area contributed by atoms with Crippen LogP contribution in [0.1, 0.15) is 12.5 Å². The van der Waals surface area contributed by atoms with E-state index in [1.165, 1.54) is 5.56 Å². The molecule has 4 nitrogen and oxygen atoms in total. The Hall–Kier alpha value is -2.49. The molecule has 3 rings (SSSR count). The van der Waals surface area contributed by atoms with Crippen molar-refractivity contribution in [3.05, 3.63) is 48.0 Å². The number of rotatable bonds is 3. The number of nitrogens with two attached hydrogens (primary N) is 1. The molecule has 0 aliphatic heterocycles. The number of nitrogen functional groups attached to an aromatic ring is 1. The molecule has 0 saturated carbocycles. The molecule has 0 spiro atoms. The summed E-state index contributed by atoms with van der Waals surface area (Å²) in [6.45, 7) is 4.93. The largest absolute Gasteiger partial charge is 0.423 e. The van der Waals surface area contributed by atoms with Gasteiger partial charge in [-0.05, 0) is 38.1 Å². The van der Waals surface area contributed by atoms with Gasteiger partial charge in [0.2, 0.25) is 0 Å². The van der Waals surface area contributed by atoms with Gasteiger partial charge in [-0.2, -0.15) is 4.98 Å². The molecule has 0 aliphatic rings. The smallest absolute Gasteiger partial charge is 0.302 e. The second-order valence-electron chi connectivity index (χ2n) is 4.80. The highest BCUT2D eigenvalue weighted by Gasteiger charge is 2.14. The molecule has 4 heteroatoms. The van der Waals surface area contributed by atoms with Crippen molar-refractivity contribution in [1.82, 2.24) is 4.98 Å². The summed E-state index contributed by atoms with van der Waals surface area (Å²) in [7, 11) is 0. The number of aromatic nitrogens is 1. The zero-order chi connectivity index (χ0) is 14.1. The van der Waals surface area contributed by atoms with Gasteiger partial charge in [-0.3, -0.25) is 4.90 Å². The maximum absolute atomic E-state index is 5.82. The van der Waals surface area contributed by atoms with Crippen molar-refractivity contribution >= 4 is 28.5 Å². The summed E-state index contributed by atoms with van der Waals surface area (Å²) >= 11 is 0. The highest BCUT2D eigenvalue weighted by atomic mass is 16.4. The van der Waals surface area contributed by atoms with Crippen LogP contribution in [-0.2, 0) is 0 Å². The summed E-state index contributed by atoms with van der Waals surface area (Å²) in [5, 5.41) is 0. The lowest BCUT2D eigenvalue weighted by atomic mass is 10.2. The van der Waals surface area contributed by atoms with Crippen molar-refractivity contribution in [2.24, 2.45) is 0 Å². The van der Waals surface area contributed by atoms with E-state index < -0.39 is 0 Å². The normalized spacial score (nSPS) is 10.9. The first-order chi connectivity index (χ1) is 9.67. The summed E-state index contributed by atoms with van der Waals surface area (Å²) in [5.41, 5.74) is 10.3. The van der Waals surface area contributed by atoms with Crippen molar-refractivity contribution < 1.29 is 4.42 Å². The minimum Gasteiger partial charge on any atom is -0.423 e. The highest BCUT2D eigenvalue weighted by molar-refractivity contribution is 5.79. The molecule has 1 aromatic heterocycles. The third-order valence-corrected chi connectivity index (χ3v) is 3.29. The van der Waals surface area contributed by atoms with E-state index in [2.05, 4.69) is 43.1 Å². The Labute approximate surface area is 117 Å². The first-order valence-electron chi connectivity index (χ1n) is 6.67. The summed E-state index contributed by atoms with van der Waals surface area (Å²) in [6.07, 6.45) is 0. The molecule has 0 atom stereocenters. The molecule has 0 saturated heterocycles. The molecule has 2 N–H and O–H groups in total. The number of hydrogen-bond donors (Lipinski definition) is 1. The number of fused-ring (bicyclic) bond motifs is 1. The molecule has 0 fully saturated rings. The molecular weight excluding hydrogens is 250 g/mol. The van der Waals surface area contributed by atoms with Crippen molar-refractivity contribution in [3.63, 3.8) is 0 Å². The minimum absolute atomic E-state index is 0.594. The fourth-order valence-corrected chi connectivity index (χ4v) is 2.20. The van der Waals surface area contributed by atoms with E-state index in [0.717, 1.165) is 17.7 Å². The number of aryl methyl sites for hydroxylation is 1. The number of anilines is 3. The van der Waals surface area contributed by atoms with Crippen LogP contribution in [0, 0.1) is 6.92 Å². The third kappa shape index (κ3) is 2.20. The van der Waals surface area contributed by atoms with Crippen molar-refractivity contribution in [3.8, 4) is 0 Å². The Bertz CT molecular complexity index is 731. The maximum atomic E-state index is 5.82. The quantitative estimate of drug-likeness (QED) is 0.732. The molecule has 2 aromatic carbocycles. The molecular formula is C16H17N3O. The van der Waals surface area contributed by atoms with E-state index in [0.29, 0.717) is 17.3 Å². The summed E-state index contributed by atoms with van der Waals surface area (Å²) < 4.78 is 5.82. The van der Waals surface area contributed by atoms with Crippen LogP contribution in [0.4, 0.5) is 17.4 Å². The average molecular weight is 267 g/mol. The van der Waals surface area contributed by atoms with Crippen molar-refractivity contribution in [2.45, 2.75) is 13.8 Å². The Morgan fingerprint density at radius 3 is 2.60 bits per heavy atom. The fourth-order valence-electron chi connectivity index (χ4n) is 2.20. The van der Waals surface area contributed by atoms with Crippen LogP contribution < -0.4 is 10.6 Å². The first-order valence-corrected chi connectivity index (χ1v) is 6.67. The average Bonchev–Trinajstić information content (AvgIpc) is 2.84. The van der Waals surface area contributed by atoms with Gasteiger partial charge >= 0.3 is 6.01 Å². The lowest BCUT2D eigenvalue weighted by Crippen LogP contribution is -2.16. The van der Waals surface area contributed by atoms with Gasteiger partial charge in [0.25, 0.3) is 0 Å². The summed E-state index contributed by atoms with van der Waals surface area (Å²) in [5.74, 6) is 0. The molecule has 102 valence electrons. The molecule has 1 heterocycles. The van der Waals surface area contributed by atoms with Crippen LogP contribution in [0.5, 0.6) is 0 Å². The third-order valence-electron chi connectivity index (χ3n) is 3.29. The van der Waals surface area contributed by atoms with E-state index in [1.807, 2.05) is 17.0 Å². The first kappa shape index (κ1) is 12.5. The highest BCUT2D eigenvalue weighted by Crippen LogP contribution is 2.29. The maximum Gasteiger partial charge on any atom is 0.302 e. The molecule has 0 radical (unpaired) electrons. The molecule has 3 aromatic rings. The number of hydrogen-bond acceptors (Lipinski definition) is 4. The van der Waals surface area contributed by atoms with Crippen LogP contribution in [0.2, 0.25) is 0 Å². The van der Waals surface area contributed by atoms with Crippen molar-refractivity contribution in [2.75, 3.05) is 17.2 Å². The van der Waals surface area contributed by atoms with Crippen LogP contribution >= 0.6 is 0 Å². The van der Waals surface area contributed by atoms with Gasteiger partial charge in [0.05, 0.1) is 0 Å². The van der Waals surface area contributed by atoms with Crippen LogP contribution in [0.3, 0.4) is 0 Å². The van der Waals surface area contributed by atoms with Gasteiger partial charge in [0, 0.05) is 24.0 Å². The van der Waals surface area contributed by atoms with Crippen molar-refractivity contribution in [1.29, 1.82) is 0 Å². The van der Waals surface area contributed by atoms with E-state index >= 15 is 0 Å². The topological polar surface area (TPSA) is 55.3 Å². The fraction of sp³-hybridized carbons (Fsp3) is 0.188. The standard InChI is InChI=1S/C16H17N3O/c1-3-19(13-7-4-11(2)5-8-13)16-18-14-9-6-12(17)10-15(14)20-16/h4-10H,3,17H2,1-2H3. The lowest BCUT2D eigenvalue weighted by molar-refractivity contribution is 0.595. The van der Waals surface area contributed by atoms with Gasteiger partial charge in [-0.25, -0.2) is 0 Å². The predicted molar refractivity (Wildman–Crippen MR) is 82.3 cm³/mol. The second kappa shape index (κ2) is 4.89. The Kier molecular flexibility index (Phi) is 3.06.